The van der Waals surface area contributed by atoms with Crippen molar-refractivity contribution in [2.24, 2.45) is 0 Å². The zero-order valence-electron chi connectivity index (χ0n) is 13.0. The standard InChI is InChI=1S/C18H17FN2O2/c1-12-8-9-13(10-15(12)19)17-20-16(23-21-17)11-18(2,22)14-6-4-3-5-7-14/h3-10,22H,11H2,1-2H3. The van der Waals surface area contributed by atoms with Crippen molar-refractivity contribution >= 4 is 0 Å². The van der Waals surface area contributed by atoms with Crippen LogP contribution in [0.4, 0.5) is 4.39 Å². The Morgan fingerprint density at radius 2 is 1.91 bits per heavy atom. The molecule has 0 radical (unpaired) electrons. The van der Waals surface area contributed by atoms with Crippen LogP contribution < -0.4 is 0 Å². The summed E-state index contributed by atoms with van der Waals surface area (Å²) in [6.07, 6.45) is 0.179. The van der Waals surface area contributed by atoms with Crippen LogP contribution in [0, 0.1) is 12.7 Å². The van der Waals surface area contributed by atoms with Crippen molar-refractivity contribution in [1.29, 1.82) is 0 Å². The van der Waals surface area contributed by atoms with E-state index in [4.69, 9.17) is 4.52 Å². The first-order valence-corrected chi connectivity index (χ1v) is 7.33. The molecule has 1 atom stereocenters. The van der Waals surface area contributed by atoms with Gasteiger partial charge in [-0.05, 0) is 31.0 Å². The first-order chi connectivity index (χ1) is 11.0. The van der Waals surface area contributed by atoms with Crippen molar-refractivity contribution in [3.63, 3.8) is 0 Å². The average molecular weight is 312 g/mol. The highest BCUT2D eigenvalue weighted by Crippen LogP contribution is 2.26. The van der Waals surface area contributed by atoms with E-state index in [1.807, 2.05) is 30.3 Å². The molecule has 3 aromatic rings. The van der Waals surface area contributed by atoms with E-state index in [0.717, 1.165) is 5.56 Å². The molecule has 1 heterocycles. The summed E-state index contributed by atoms with van der Waals surface area (Å²) in [5.41, 5.74) is 0.747. The first-order valence-electron chi connectivity index (χ1n) is 7.33. The summed E-state index contributed by atoms with van der Waals surface area (Å²) in [5.74, 6) is 0.294. The summed E-state index contributed by atoms with van der Waals surface area (Å²) in [5, 5.41) is 14.5. The van der Waals surface area contributed by atoms with Gasteiger partial charge in [0.05, 0.1) is 12.0 Å². The highest BCUT2D eigenvalue weighted by molar-refractivity contribution is 5.54. The molecule has 0 saturated heterocycles. The van der Waals surface area contributed by atoms with Gasteiger partial charge in [0, 0.05) is 5.56 Å². The van der Waals surface area contributed by atoms with Gasteiger partial charge in [0.2, 0.25) is 11.7 Å². The van der Waals surface area contributed by atoms with E-state index < -0.39 is 5.60 Å². The third kappa shape index (κ3) is 3.29. The summed E-state index contributed by atoms with van der Waals surface area (Å²) >= 11 is 0. The van der Waals surface area contributed by atoms with E-state index in [2.05, 4.69) is 10.1 Å². The molecule has 3 rings (SSSR count). The topological polar surface area (TPSA) is 59.2 Å². The minimum Gasteiger partial charge on any atom is -0.385 e. The molecule has 0 aliphatic heterocycles. The third-order valence-corrected chi connectivity index (χ3v) is 3.79. The van der Waals surface area contributed by atoms with Gasteiger partial charge in [0.1, 0.15) is 5.82 Å². The number of halogens is 1. The van der Waals surface area contributed by atoms with Crippen LogP contribution in [0.5, 0.6) is 0 Å². The Labute approximate surface area is 133 Å². The molecule has 1 unspecified atom stereocenters. The Morgan fingerprint density at radius 1 is 1.17 bits per heavy atom. The van der Waals surface area contributed by atoms with Gasteiger partial charge in [0.25, 0.3) is 0 Å². The van der Waals surface area contributed by atoms with E-state index in [9.17, 15) is 9.50 Å². The van der Waals surface area contributed by atoms with E-state index in [1.165, 1.54) is 6.07 Å². The van der Waals surface area contributed by atoms with Gasteiger partial charge >= 0.3 is 0 Å². The van der Waals surface area contributed by atoms with Gasteiger partial charge in [-0.3, -0.25) is 0 Å². The minimum atomic E-state index is -1.12. The zero-order chi connectivity index (χ0) is 16.4. The number of aromatic nitrogens is 2. The number of aliphatic hydroxyl groups is 1. The van der Waals surface area contributed by atoms with E-state index >= 15 is 0 Å². The van der Waals surface area contributed by atoms with Crippen LogP contribution in [0.1, 0.15) is 23.9 Å². The van der Waals surface area contributed by atoms with E-state index in [1.54, 1.807) is 26.0 Å². The normalized spacial score (nSPS) is 13.7. The average Bonchev–Trinajstić information content (AvgIpc) is 2.99. The molecule has 1 aromatic heterocycles. The maximum Gasteiger partial charge on any atom is 0.230 e. The lowest BCUT2D eigenvalue weighted by Crippen LogP contribution is -2.24. The van der Waals surface area contributed by atoms with Crippen LogP contribution in [0.3, 0.4) is 0 Å². The van der Waals surface area contributed by atoms with Crippen LogP contribution in [-0.4, -0.2) is 15.2 Å². The minimum absolute atomic E-state index is 0.179. The first kappa shape index (κ1) is 15.4. The quantitative estimate of drug-likeness (QED) is 0.799. The molecule has 0 bridgehead atoms. The Hall–Kier alpha value is -2.53. The lowest BCUT2D eigenvalue weighted by molar-refractivity contribution is 0.0490. The molecule has 0 spiro atoms. The fourth-order valence-corrected chi connectivity index (χ4v) is 2.37. The molecule has 2 aromatic carbocycles. The second kappa shape index (κ2) is 5.93. The van der Waals surface area contributed by atoms with E-state index in [-0.39, 0.29) is 12.2 Å². The van der Waals surface area contributed by atoms with Gasteiger partial charge in [-0.2, -0.15) is 4.98 Å². The van der Waals surface area contributed by atoms with Gasteiger partial charge in [-0.15, -0.1) is 0 Å². The summed E-state index contributed by atoms with van der Waals surface area (Å²) in [7, 11) is 0. The monoisotopic (exact) mass is 312 g/mol. The van der Waals surface area contributed by atoms with Gasteiger partial charge in [-0.1, -0.05) is 47.6 Å². The molecule has 0 aliphatic rings. The van der Waals surface area contributed by atoms with Crippen LogP contribution in [0.25, 0.3) is 11.4 Å². The molecular weight excluding hydrogens is 295 g/mol. The molecule has 5 heteroatoms. The number of hydrogen-bond donors (Lipinski definition) is 1. The second-order valence-corrected chi connectivity index (χ2v) is 5.79. The molecule has 1 N–H and O–H groups in total. The molecule has 23 heavy (non-hydrogen) atoms. The molecule has 0 saturated carbocycles. The van der Waals surface area contributed by atoms with Crippen molar-refractivity contribution in [3.8, 4) is 11.4 Å². The Balaban J connectivity index is 1.83. The fourth-order valence-electron chi connectivity index (χ4n) is 2.37. The van der Waals surface area contributed by atoms with Crippen molar-refractivity contribution in [1.82, 2.24) is 10.1 Å². The fraction of sp³-hybridized carbons (Fsp3) is 0.222. The molecular formula is C18H17FN2O2. The number of nitrogens with zero attached hydrogens (tertiary/aromatic N) is 2. The lowest BCUT2D eigenvalue weighted by Gasteiger charge is -2.21. The lowest BCUT2D eigenvalue weighted by atomic mass is 9.93. The predicted octanol–water partition coefficient (Wildman–Crippen LogP) is 3.63. The van der Waals surface area contributed by atoms with Crippen LogP contribution >= 0.6 is 0 Å². The summed E-state index contributed by atoms with van der Waals surface area (Å²) in [6, 6.07) is 14.1. The number of aryl methyl sites for hydroxylation is 1. The van der Waals surface area contributed by atoms with Crippen LogP contribution in [0.15, 0.2) is 53.1 Å². The molecule has 0 aliphatic carbocycles. The van der Waals surface area contributed by atoms with Crippen molar-refractivity contribution < 1.29 is 14.0 Å². The Bertz CT molecular complexity index is 813. The Kier molecular flexibility index (Phi) is 3.96. The third-order valence-electron chi connectivity index (χ3n) is 3.79. The summed E-state index contributed by atoms with van der Waals surface area (Å²) < 4.78 is 18.8. The van der Waals surface area contributed by atoms with Crippen LogP contribution in [0.2, 0.25) is 0 Å². The SMILES string of the molecule is Cc1ccc(-c2noc(CC(C)(O)c3ccccc3)n2)cc1F. The largest absolute Gasteiger partial charge is 0.385 e. The van der Waals surface area contributed by atoms with Crippen LogP contribution in [-0.2, 0) is 12.0 Å². The molecule has 0 amide bonds. The summed E-state index contributed by atoms with van der Waals surface area (Å²) in [6.45, 7) is 3.38. The molecule has 0 fully saturated rings. The second-order valence-electron chi connectivity index (χ2n) is 5.79. The highest BCUT2D eigenvalue weighted by atomic mass is 19.1. The maximum absolute atomic E-state index is 13.6. The van der Waals surface area contributed by atoms with Crippen molar-refractivity contribution in [3.05, 3.63) is 71.4 Å². The molecule has 4 nitrogen and oxygen atoms in total. The maximum atomic E-state index is 13.6. The van der Waals surface area contributed by atoms with E-state index in [0.29, 0.717) is 22.8 Å². The van der Waals surface area contributed by atoms with Gasteiger partial charge < -0.3 is 9.63 Å². The molecule has 118 valence electrons. The van der Waals surface area contributed by atoms with Gasteiger partial charge in [-0.25, -0.2) is 4.39 Å². The Morgan fingerprint density at radius 3 is 2.61 bits per heavy atom. The highest BCUT2D eigenvalue weighted by Gasteiger charge is 2.26. The summed E-state index contributed by atoms with van der Waals surface area (Å²) in [4.78, 5) is 4.26. The van der Waals surface area contributed by atoms with Gasteiger partial charge in [0.15, 0.2) is 0 Å². The predicted molar refractivity (Wildman–Crippen MR) is 84.1 cm³/mol. The number of rotatable bonds is 4. The van der Waals surface area contributed by atoms with Crippen molar-refractivity contribution in [2.75, 3.05) is 0 Å². The number of hydrogen-bond acceptors (Lipinski definition) is 4. The van der Waals surface area contributed by atoms with Crippen molar-refractivity contribution in [2.45, 2.75) is 25.9 Å². The number of benzene rings is 2. The zero-order valence-corrected chi connectivity index (χ0v) is 13.0. The smallest absolute Gasteiger partial charge is 0.230 e.